The molecule has 0 aromatic heterocycles. The second-order valence-corrected chi connectivity index (χ2v) is 5.94. The summed E-state index contributed by atoms with van der Waals surface area (Å²) in [6, 6.07) is 0. The largest absolute Gasteiger partial charge is 0.103 e. The fraction of sp³-hybridized carbons (Fsp3) is 0.765. The van der Waals surface area contributed by atoms with Crippen LogP contribution in [-0.2, 0) is 0 Å². The van der Waals surface area contributed by atoms with Crippen LogP contribution in [0.1, 0.15) is 70.6 Å². The molecule has 0 heteroatoms. The van der Waals surface area contributed by atoms with E-state index >= 15 is 0 Å². The molecule has 0 radical (unpaired) electrons. The van der Waals surface area contributed by atoms with Crippen molar-refractivity contribution in [3.8, 4) is 11.8 Å². The predicted octanol–water partition coefficient (Wildman–Crippen LogP) is 5.10. The third-order valence-corrected chi connectivity index (χ3v) is 4.49. The van der Waals surface area contributed by atoms with Gasteiger partial charge < -0.3 is 0 Å². The van der Waals surface area contributed by atoms with Crippen molar-refractivity contribution >= 4 is 0 Å². The number of hydrogen-bond acceptors (Lipinski definition) is 0. The highest BCUT2D eigenvalue weighted by Crippen LogP contribution is 2.39. The maximum Gasteiger partial charge on any atom is 0.0349 e. The maximum atomic E-state index is 3.93. The topological polar surface area (TPSA) is 0 Å². The van der Waals surface area contributed by atoms with Gasteiger partial charge in [0.2, 0.25) is 0 Å². The van der Waals surface area contributed by atoms with Crippen LogP contribution < -0.4 is 0 Å². The van der Waals surface area contributed by atoms with Gasteiger partial charge in [0.05, 0.1) is 0 Å². The molecule has 0 aliphatic heterocycles. The lowest BCUT2D eigenvalue weighted by atomic mass is 9.72. The summed E-state index contributed by atoms with van der Waals surface area (Å²) in [5.41, 5.74) is 0.303. The predicted molar refractivity (Wildman–Crippen MR) is 74.7 cm³/mol. The van der Waals surface area contributed by atoms with Gasteiger partial charge in [-0.05, 0) is 32.1 Å². The van der Waals surface area contributed by atoms with Crippen molar-refractivity contribution in [1.82, 2.24) is 0 Å². The molecule has 2 aliphatic carbocycles. The van der Waals surface area contributed by atoms with Crippen molar-refractivity contribution < 1.29 is 0 Å². The first-order chi connectivity index (χ1) is 8.35. The average Bonchev–Trinajstić information content (AvgIpc) is 2.39. The van der Waals surface area contributed by atoms with Gasteiger partial charge >= 0.3 is 0 Å². The molecular formula is C17H26. The van der Waals surface area contributed by atoms with E-state index in [1.54, 1.807) is 0 Å². The van der Waals surface area contributed by atoms with E-state index in [0.717, 1.165) is 6.42 Å². The normalized spacial score (nSPS) is 24.7. The molecule has 2 aliphatic rings. The quantitative estimate of drug-likeness (QED) is 0.457. The highest BCUT2D eigenvalue weighted by Gasteiger charge is 2.28. The zero-order valence-corrected chi connectivity index (χ0v) is 11.1. The lowest BCUT2D eigenvalue weighted by molar-refractivity contribution is 0.273. The molecule has 0 aromatic carbocycles. The van der Waals surface area contributed by atoms with Crippen molar-refractivity contribution in [3.05, 3.63) is 12.7 Å². The van der Waals surface area contributed by atoms with E-state index in [0.29, 0.717) is 11.3 Å². The molecule has 2 rings (SSSR count). The zero-order chi connectivity index (χ0) is 12.0. The van der Waals surface area contributed by atoms with Gasteiger partial charge in [-0.3, -0.25) is 0 Å². The zero-order valence-electron chi connectivity index (χ0n) is 11.1. The Labute approximate surface area is 107 Å². The van der Waals surface area contributed by atoms with E-state index in [1.807, 2.05) is 0 Å². The molecule has 2 saturated carbocycles. The van der Waals surface area contributed by atoms with Crippen LogP contribution in [0, 0.1) is 23.2 Å². The second kappa shape index (κ2) is 6.29. The minimum absolute atomic E-state index is 0.303. The Morgan fingerprint density at radius 1 is 1.00 bits per heavy atom. The Balaban J connectivity index is 2.00. The summed E-state index contributed by atoms with van der Waals surface area (Å²) in [6.07, 6.45) is 16.8. The monoisotopic (exact) mass is 230 g/mol. The number of allylic oxidation sites excluding steroid dienone is 1. The van der Waals surface area contributed by atoms with Crippen molar-refractivity contribution in [2.24, 2.45) is 11.3 Å². The molecule has 0 N–H and O–H groups in total. The van der Waals surface area contributed by atoms with Crippen LogP contribution in [-0.4, -0.2) is 0 Å². The third kappa shape index (κ3) is 3.63. The van der Waals surface area contributed by atoms with Gasteiger partial charge in [0.25, 0.3) is 0 Å². The summed E-state index contributed by atoms with van der Waals surface area (Å²) in [5, 5.41) is 0. The first kappa shape index (κ1) is 12.7. The van der Waals surface area contributed by atoms with Crippen molar-refractivity contribution in [2.45, 2.75) is 70.6 Å². The van der Waals surface area contributed by atoms with E-state index in [4.69, 9.17) is 0 Å². The Kier molecular flexibility index (Phi) is 4.72. The molecular weight excluding hydrogens is 204 g/mol. The summed E-state index contributed by atoms with van der Waals surface area (Å²) in [5.74, 6) is 8.00. The third-order valence-electron chi connectivity index (χ3n) is 4.49. The molecule has 0 unspecified atom stereocenters. The van der Waals surface area contributed by atoms with E-state index < -0.39 is 0 Å². The lowest BCUT2D eigenvalue weighted by Crippen LogP contribution is -2.21. The minimum atomic E-state index is 0.303. The SMILES string of the molecule is C=CCC1(C#CC2CCCCC2)CCCCC1. The summed E-state index contributed by atoms with van der Waals surface area (Å²) < 4.78 is 0. The molecule has 0 spiro atoms. The van der Waals surface area contributed by atoms with E-state index in [1.165, 1.54) is 64.2 Å². The molecule has 2 fully saturated rings. The highest BCUT2D eigenvalue weighted by molar-refractivity contribution is 5.16. The smallest absolute Gasteiger partial charge is 0.0349 e. The first-order valence-electron chi connectivity index (χ1n) is 7.48. The van der Waals surface area contributed by atoms with Gasteiger partial charge in [-0.2, -0.15) is 0 Å². The molecule has 0 heterocycles. The Bertz CT molecular complexity index is 290. The average molecular weight is 230 g/mol. The van der Waals surface area contributed by atoms with Crippen LogP contribution in [0.25, 0.3) is 0 Å². The summed E-state index contributed by atoms with van der Waals surface area (Å²) in [4.78, 5) is 0. The number of hydrogen-bond donors (Lipinski definition) is 0. The number of rotatable bonds is 2. The molecule has 0 aromatic rings. The van der Waals surface area contributed by atoms with Crippen molar-refractivity contribution in [1.29, 1.82) is 0 Å². The van der Waals surface area contributed by atoms with Crippen LogP contribution in [0.5, 0.6) is 0 Å². The second-order valence-electron chi connectivity index (χ2n) is 5.94. The van der Waals surface area contributed by atoms with Crippen LogP contribution >= 0.6 is 0 Å². The van der Waals surface area contributed by atoms with Gasteiger partial charge in [-0.1, -0.05) is 56.4 Å². The molecule has 0 nitrogen and oxygen atoms in total. The summed E-state index contributed by atoms with van der Waals surface area (Å²) >= 11 is 0. The van der Waals surface area contributed by atoms with Crippen molar-refractivity contribution in [2.75, 3.05) is 0 Å². The molecule has 17 heavy (non-hydrogen) atoms. The van der Waals surface area contributed by atoms with E-state index in [-0.39, 0.29) is 0 Å². The molecule has 0 amide bonds. The fourth-order valence-electron chi connectivity index (χ4n) is 3.39. The Hall–Kier alpha value is -0.700. The van der Waals surface area contributed by atoms with E-state index in [9.17, 15) is 0 Å². The Morgan fingerprint density at radius 2 is 1.65 bits per heavy atom. The van der Waals surface area contributed by atoms with Gasteiger partial charge in [0, 0.05) is 11.3 Å². The first-order valence-corrected chi connectivity index (χ1v) is 7.48. The lowest BCUT2D eigenvalue weighted by Gasteiger charge is -2.32. The Morgan fingerprint density at radius 3 is 2.29 bits per heavy atom. The van der Waals surface area contributed by atoms with Gasteiger partial charge in [-0.15, -0.1) is 6.58 Å². The van der Waals surface area contributed by atoms with E-state index in [2.05, 4.69) is 24.5 Å². The molecule has 0 atom stereocenters. The summed E-state index contributed by atoms with van der Waals surface area (Å²) in [7, 11) is 0. The van der Waals surface area contributed by atoms with Crippen LogP contribution in [0.15, 0.2) is 12.7 Å². The van der Waals surface area contributed by atoms with Gasteiger partial charge in [-0.25, -0.2) is 0 Å². The van der Waals surface area contributed by atoms with Crippen LogP contribution in [0.2, 0.25) is 0 Å². The highest BCUT2D eigenvalue weighted by atomic mass is 14.3. The standard InChI is InChI=1S/C17H26/c1-2-12-17(13-7-4-8-14-17)15-11-16-9-5-3-6-10-16/h2,16H,1,3-10,12-14H2. The van der Waals surface area contributed by atoms with Crippen LogP contribution in [0.4, 0.5) is 0 Å². The fourth-order valence-corrected chi connectivity index (χ4v) is 3.39. The molecule has 0 bridgehead atoms. The molecule has 0 saturated heterocycles. The summed E-state index contributed by atoms with van der Waals surface area (Å²) in [6.45, 7) is 3.93. The minimum Gasteiger partial charge on any atom is -0.103 e. The molecule has 94 valence electrons. The van der Waals surface area contributed by atoms with Gasteiger partial charge in [0.15, 0.2) is 0 Å². The maximum absolute atomic E-state index is 3.93. The van der Waals surface area contributed by atoms with Crippen LogP contribution in [0.3, 0.4) is 0 Å². The van der Waals surface area contributed by atoms with Crippen molar-refractivity contribution in [3.63, 3.8) is 0 Å². The van der Waals surface area contributed by atoms with Gasteiger partial charge in [0.1, 0.15) is 0 Å².